The number of amides is 1. The Morgan fingerprint density at radius 3 is 2.78 bits per heavy atom. The van der Waals surface area contributed by atoms with Crippen molar-refractivity contribution in [3.63, 3.8) is 0 Å². The van der Waals surface area contributed by atoms with Crippen molar-refractivity contribution in [2.75, 3.05) is 26.8 Å². The third-order valence-electron chi connectivity index (χ3n) is 5.50. The number of carbonyl (C=O) groups excluding carboxylic acids is 2. The minimum Gasteiger partial charge on any atom is -0.493 e. The van der Waals surface area contributed by atoms with Gasteiger partial charge in [0, 0.05) is 19.2 Å². The van der Waals surface area contributed by atoms with Crippen molar-refractivity contribution in [2.45, 2.75) is 40.2 Å². The summed E-state index contributed by atoms with van der Waals surface area (Å²) < 4.78 is 21.5. The lowest BCUT2D eigenvalue weighted by Gasteiger charge is -2.30. The number of hydrogen-bond donors (Lipinski definition) is 0. The maximum Gasteiger partial charge on any atom is 0.331 e. The van der Waals surface area contributed by atoms with E-state index in [0.29, 0.717) is 29.8 Å². The molecule has 1 aromatic heterocycles. The van der Waals surface area contributed by atoms with Crippen molar-refractivity contribution in [1.82, 2.24) is 10.1 Å². The molecule has 1 saturated heterocycles. The molecule has 1 atom stereocenters. The second kappa shape index (κ2) is 10.8. The summed E-state index contributed by atoms with van der Waals surface area (Å²) in [7, 11) is 1.55. The number of likely N-dealkylation sites (tertiary alicyclic amines) is 1. The van der Waals surface area contributed by atoms with Gasteiger partial charge in [-0.1, -0.05) is 18.1 Å². The molecule has 2 aromatic rings. The van der Waals surface area contributed by atoms with Gasteiger partial charge in [-0.05, 0) is 56.4 Å². The van der Waals surface area contributed by atoms with E-state index in [9.17, 15) is 9.59 Å². The topological polar surface area (TPSA) is 91.1 Å². The van der Waals surface area contributed by atoms with Crippen molar-refractivity contribution < 1.29 is 28.3 Å². The van der Waals surface area contributed by atoms with Gasteiger partial charge in [0.25, 0.3) is 5.91 Å². The molecule has 0 saturated carbocycles. The highest BCUT2D eigenvalue weighted by Gasteiger charge is 2.21. The summed E-state index contributed by atoms with van der Waals surface area (Å²) in [5.74, 6) is 1.57. The molecule has 1 aliphatic rings. The molecule has 1 aliphatic heterocycles. The van der Waals surface area contributed by atoms with Crippen molar-refractivity contribution in [2.24, 2.45) is 5.92 Å². The number of aromatic nitrogens is 1. The zero-order chi connectivity index (χ0) is 23.1. The first-order valence-electron chi connectivity index (χ1n) is 10.7. The fraction of sp³-hybridized carbons (Fsp3) is 0.458. The van der Waals surface area contributed by atoms with E-state index in [0.717, 1.165) is 42.8 Å². The molecule has 0 aliphatic carbocycles. The van der Waals surface area contributed by atoms with Crippen molar-refractivity contribution in [3.05, 3.63) is 46.9 Å². The quantitative estimate of drug-likeness (QED) is 0.455. The highest BCUT2D eigenvalue weighted by atomic mass is 16.5. The van der Waals surface area contributed by atoms with E-state index >= 15 is 0 Å². The Hall–Kier alpha value is -3.29. The third kappa shape index (κ3) is 6.12. The number of ether oxygens (including phenoxy) is 3. The zero-order valence-electron chi connectivity index (χ0n) is 19.1. The fourth-order valence-electron chi connectivity index (χ4n) is 3.62. The van der Waals surface area contributed by atoms with Gasteiger partial charge in [-0.15, -0.1) is 0 Å². The highest BCUT2D eigenvalue weighted by Crippen LogP contribution is 2.30. The first kappa shape index (κ1) is 23.4. The normalized spacial score (nSPS) is 16.2. The average molecular weight is 443 g/mol. The predicted molar refractivity (Wildman–Crippen MR) is 118 cm³/mol. The number of carbonyl (C=O) groups is 2. The summed E-state index contributed by atoms with van der Waals surface area (Å²) >= 11 is 0. The predicted octanol–water partition coefficient (Wildman–Crippen LogP) is 3.69. The van der Waals surface area contributed by atoms with Crippen LogP contribution in [0.25, 0.3) is 6.08 Å². The lowest BCUT2D eigenvalue weighted by atomic mass is 10.0. The summed E-state index contributed by atoms with van der Waals surface area (Å²) in [4.78, 5) is 26.0. The Morgan fingerprint density at radius 1 is 1.28 bits per heavy atom. The summed E-state index contributed by atoms with van der Waals surface area (Å²) in [6, 6.07) is 5.32. The molecule has 8 nitrogen and oxygen atoms in total. The van der Waals surface area contributed by atoms with Crippen LogP contribution in [0.5, 0.6) is 11.5 Å². The van der Waals surface area contributed by atoms with E-state index in [1.54, 1.807) is 36.3 Å². The minimum absolute atomic E-state index is 0.153. The lowest BCUT2D eigenvalue weighted by molar-refractivity contribution is -0.149. The van der Waals surface area contributed by atoms with E-state index in [2.05, 4.69) is 12.1 Å². The van der Waals surface area contributed by atoms with Crippen LogP contribution in [-0.4, -0.2) is 48.7 Å². The van der Waals surface area contributed by atoms with Crippen LogP contribution < -0.4 is 9.47 Å². The molecule has 0 N–H and O–H groups in total. The lowest BCUT2D eigenvalue weighted by Crippen LogP contribution is -2.41. The van der Waals surface area contributed by atoms with Crippen LogP contribution in [-0.2, 0) is 20.9 Å². The Labute approximate surface area is 188 Å². The Kier molecular flexibility index (Phi) is 7.92. The molecular formula is C24H30N2O6. The van der Waals surface area contributed by atoms with Gasteiger partial charge in [0.15, 0.2) is 18.1 Å². The Balaban J connectivity index is 1.53. The van der Waals surface area contributed by atoms with E-state index in [1.165, 1.54) is 6.08 Å². The maximum absolute atomic E-state index is 12.2. The highest BCUT2D eigenvalue weighted by molar-refractivity contribution is 5.89. The second-order valence-corrected chi connectivity index (χ2v) is 8.03. The standard InChI is InChI=1S/C24H30N2O6/c1-16-6-5-11-26(13-16)23(27)15-31-24(28)10-8-19-7-9-21(22(12-19)29-4)30-14-20-17(2)25-32-18(20)3/h7-10,12,16H,5-6,11,13-15H2,1-4H3/b10-8+. The monoisotopic (exact) mass is 442 g/mol. The van der Waals surface area contributed by atoms with Gasteiger partial charge in [0.1, 0.15) is 12.4 Å². The second-order valence-electron chi connectivity index (χ2n) is 8.03. The molecule has 3 rings (SSSR count). The van der Waals surface area contributed by atoms with E-state index < -0.39 is 5.97 Å². The summed E-state index contributed by atoms with van der Waals surface area (Å²) in [5, 5.41) is 3.92. The van der Waals surface area contributed by atoms with Crippen LogP contribution in [0.1, 0.15) is 42.3 Å². The first-order chi connectivity index (χ1) is 15.4. The van der Waals surface area contributed by atoms with E-state index in [4.69, 9.17) is 18.7 Å². The van der Waals surface area contributed by atoms with Crippen molar-refractivity contribution in [3.8, 4) is 11.5 Å². The first-order valence-corrected chi connectivity index (χ1v) is 10.7. The number of esters is 1. The summed E-state index contributed by atoms with van der Waals surface area (Å²) in [6.45, 7) is 7.33. The number of hydrogen-bond acceptors (Lipinski definition) is 7. The smallest absolute Gasteiger partial charge is 0.331 e. The average Bonchev–Trinajstić information content (AvgIpc) is 3.11. The van der Waals surface area contributed by atoms with Gasteiger partial charge in [0.2, 0.25) is 0 Å². The molecule has 2 heterocycles. The van der Waals surface area contributed by atoms with Gasteiger partial charge in [-0.2, -0.15) is 0 Å². The van der Waals surface area contributed by atoms with E-state index in [1.807, 2.05) is 13.8 Å². The zero-order valence-corrected chi connectivity index (χ0v) is 19.1. The summed E-state index contributed by atoms with van der Waals surface area (Å²) in [5.41, 5.74) is 2.42. The minimum atomic E-state index is -0.568. The van der Waals surface area contributed by atoms with Gasteiger partial charge >= 0.3 is 5.97 Å². The fourth-order valence-corrected chi connectivity index (χ4v) is 3.62. The van der Waals surface area contributed by atoms with Crippen LogP contribution in [0, 0.1) is 19.8 Å². The molecule has 172 valence electrons. The number of nitrogens with zero attached hydrogens (tertiary/aromatic N) is 2. The molecular weight excluding hydrogens is 412 g/mol. The van der Waals surface area contributed by atoms with Crippen LogP contribution in [0.2, 0.25) is 0 Å². The largest absolute Gasteiger partial charge is 0.493 e. The number of aryl methyl sites for hydroxylation is 2. The molecule has 0 radical (unpaired) electrons. The molecule has 1 fully saturated rings. The van der Waals surface area contributed by atoms with Crippen LogP contribution in [0.3, 0.4) is 0 Å². The Morgan fingerprint density at radius 2 is 2.09 bits per heavy atom. The molecule has 8 heteroatoms. The number of rotatable bonds is 8. The molecule has 0 bridgehead atoms. The van der Waals surface area contributed by atoms with Crippen LogP contribution >= 0.6 is 0 Å². The molecule has 1 unspecified atom stereocenters. The number of piperidine rings is 1. The Bertz CT molecular complexity index is 961. The van der Waals surface area contributed by atoms with E-state index in [-0.39, 0.29) is 12.5 Å². The SMILES string of the molecule is COc1cc(/C=C/C(=O)OCC(=O)N2CCCC(C)C2)ccc1OCc1c(C)noc1C. The van der Waals surface area contributed by atoms with Gasteiger partial charge in [-0.25, -0.2) is 4.79 Å². The molecule has 32 heavy (non-hydrogen) atoms. The number of methoxy groups -OCH3 is 1. The molecule has 1 amide bonds. The molecule has 1 aromatic carbocycles. The van der Waals surface area contributed by atoms with Crippen LogP contribution in [0.15, 0.2) is 28.8 Å². The van der Waals surface area contributed by atoms with Gasteiger partial charge in [0.05, 0.1) is 18.4 Å². The van der Waals surface area contributed by atoms with Gasteiger partial charge in [-0.3, -0.25) is 4.79 Å². The summed E-state index contributed by atoms with van der Waals surface area (Å²) in [6.07, 6.45) is 5.02. The number of benzene rings is 1. The third-order valence-corrected chi connectivity index (χ3v) is 5.50. The van der Waals surface area contributed by atoms with Gasteiger partial charge < -0.3 is 23.6 Å². The molecule has 0 spiro atoms. The van der Waals surface area contributed by atoms with Crippen molar-refractivity contribution >= 4 is 18.0 Å². The van der Waals surface area contributed by atoms with Crippen LogP contribution in [0.4, 0.5) is 0 Å². The van der Waals surface area contributed by atoms with Crippen molar-refractivity contribution in [1.29, 1.82) is 0 Å². The maximum atomic E-state index is 12.2.